The lowest BCUT2D eigenvalue weighted by Gasteiger charge is -2.11. The van der Waals surface area contributed by atoms with Crippen LogP contribution in [0.5, 0.6) is 5.75 Å². The van der Waals surface area contributed by atoms with E-state index >= 15 is 0 Å². The van der Waals surface area contributed by atoms with Crippen LogP contribution in [0.15, 0.2) is 47.3 Å². The Labute approximate surface area is 154 Å². The summed E-state index contributed by atoms with van der Waals surface area (Å²) < 4.78 is 0. The average Bonchev–Trinajstić information content (AvgIpc) is 2.63. The predicted octanol–water partition coefficient (Wildman–Crippen LogP) is 4.12. The number of pyridine rings is 1. The first kappa shape index (κ1) is 17.3. The summed E-state index contributed by atoms with van der Waals surface area (Å²) in [5.41, 5.74) is 2.03. The zero-order chi connectivity index (χ0) is 18.8. The van der Waals surface area contributed by atoms with Crippen LogP contribution in [0.1, 0.15) is 16.7 Å². The smallest absolute Gasteiger partial charge is 0.266 e. The number of benzene rings is 2. The first-order valence-electron chi connectivity index (χ1n) is 7.62. The molecule has 0 aliphatic carbocycles. The summed E-state index contributed by atoms with van der Waals surface area (Å²) in [4.78, 5) is 15.0. The number of hydrogen-bond donors (Lipinski definition) is 2. The highest BCUT2D eigenvalue weighted by molar-refractivity contribution is 6.31. The van der Waals surface area contributed by atoms with E-state index in [2.05, 4.69) is 4.98 Å². The van der Waals surface area contributed by atoms with Gasteiger partial charge in [-0.15, -0.1) is 0 Å². The number of phenolic OH excluding ortho intramolecular Hbond substituents is 1. The molecule has 0 amide bonds. The molecule has 0 aliphatic rings. The van der Waals surface area contributed by atoms with Crippen molar-refractivity contribution in [2.45, 2.75) is 6.92 Å². The molecule has 0 radical (unpaired) electrons. The monoisotopic (exact) mass is 361 g/mol. The third-order valence-corrected chi connectivity index (χ3v) is 4.21. The Morgan fingerprint density at radius 3 is 2.35 bits per heavy atom. The van der Waals surface area contributed by atoms with Crippen LogP contribution in [-0.2, 0) is 0 Å². The zero-order valence-electron chi connectivity index (χ0n) is 13.7. The summed E-state index contributed by atoms with van der Waals surface area (Å²) >= 11 is 6.02. The maximum atomic E-state index is 12.4. The largest absolute Gasteiger partial charge is 0.506 e. The standard InChI is InChI=1S/C20H12ClN3O2/c1-11-2-4-12(5-3-11)15-8-18(24-20(26)17(15)10-23)16-7-14(21)6-13(9-22)19(16)25/h2-8,25H,1H3,(H,24,26). The minimum atomic E-state index is -0.585. The number of hydrogen-bond acceptors (Lipinski definition) is 4. The lowest BCUT2D eigenvalue weighted by atomic mass is 9.97. The van der Waals surface area contributed by atoms with Crippen molar-refractivity contribution < 1.29 is 5.11 Å². The molecule has 0 aliphatic heterocycles. The molecule has 5 nitrogen and oxygen atoms in total. The average molecular weight is 362 g/mol. The topological polar surface area (TPSA) is 101 Å². The second-order valence-electron chi connectivity index (χ2n) is 5.74. The fourth-order valence-corrected chi connectivity index (χ4v) is 2.88. The van der Waals surface area contributed by atoms with Gasteiger partial charge in [0.1, 0.15) is 23.5 Å². The van der Waals surface area contributed by atoms with Crippen LogP contribution in [0, 0.1) is 29.6 Å². The summed E-state index contributed by atoms with van der Waals surface area (Å²) in [7, 11) is 0. The van der Waals surface area contributed by atoms with Crippen LogP contribution in [0.25, 0.3) is 22.4 Å². The SMILES string of the molecule is Cc1ccc(-c2cc(-c3cc(Cl)cc(C#N)c3O)[nH]c(=O)c2C#N)cc1. The molecule has 0 fully saturated rings. The third-order valence-electron chi connectivity index (χ3n) is 3.99. The van der Waals surface area contributed by atoms with Crippen molar-refractivity contribution in [3.8, 4) is 40.3 Å². The predicted molar refractivity (Wildman–Crippen MR) is 98.8 cm³/mol. The first-order valence-corrected chi connectivity index (χ1v) is 8.00. The Kier molecular flexibility index (Phi) is 4.49. The van der Waals surface area contributed by atoms with Gasteiger partial charge in [-0.25, -0.2) is 0 Å². The van der Waals surface area contributed by atoms with Gasteiger partial charge >= 0.3 is 0 Å². The molecule has 0 unspecified atom stereocenters. The second kappa shape index (κ2) is 6.76. The van der Waals surface area contributed by atoms with Crippen molar-refractivity contribution >= 4 is 11.6 Å². The molecule has 126 valence electrons. The number of aryl methyl sites for hydroxylation is 1. The molecular weight excluding hydrogens is 350 g/mol. The van der Waals surface area contributed by atoms with Gasteiger partial charge in [0, 0.05) is 16.1 Å². The molecule has 1 aromatic heterocycles. The van der Waals surface area contributed by atoms with Crippen molar-refractivity contribution in [2.24, 2.45) is 0 Å². The molecule has 6 heteroatoms. The molecule has 0 spiro atoms. The van der Waals surface area contributed by atoms with Crippen LogP contribution in [-0.4, -0.2) is 10.1 Å². The van der Waals surface area contributed by atoms with Gasteiger partial charge < -0.3 is 10.1 Å². The molecule has 3 aromatic rings. The maximum Gasteiger partial charge on any atom is 0.266 e. The van der Waals surface area contributed by atoms with E-state index in [1.807, 2.05) is 43.3 Å². The number of aromatic nitrogens is 1. The summed E-state index contributed by atoms with van der Waals surface area (Å²) in [6.07, 6.45) is 0. The van der Waals surface area contributed by atoms with Crippen LogP contribution in [0.4, 0.5) is 0 Å². The molecule has 2 N–H and O–H groups in total. The van der Waals surface area contributed by atoms with Gasteiger partial charge in [0.15, 0.2) is 0 Å². The lowest BCUT2D eigenvalue weighted by Crippen LogP contribution is -2.12. The van der Waals surface area contributed by atoms with Gasteiger partial charge in [0.2, 0.25) is 0 Å². The number of halogens is 1. The highest BCUT2D eigenvalue weighted by Crippen LogP contribution is 2.35. The molecule has 26 heavy (non-hydrogen) atoms. The molecule has 0 atom stereocenters. The van der Waals surface area contributed by atoms with Crippen LogP contribution < -0.4 is 5.56 Å². The Balaban J connectivity index is 2.31. The van der Waals surface area contributed by atoms with Gasteiger partial charge in [-0.2, -0.15) is 10.5 Å². The van der Waals surface area contributed by atoms with E-state index in [1.165, 1.54) is 12.1 Å². The molecule has 3 rings (SSSR count). The Morgan fingerprint density at radius 1 is 1.04 bits per heavy atom. The number of rotatable bonds is 2. The van der Waals surface area contributed by atoms with E-state index < -0.39 is 5.56 Å². The molecule has 0 saturated carbocycles. The van der Waals surface area contributed by atoms with Crippen LogP contribution >= 0.6 is 11.6 Å². The number of aromatic hydroxyl groups is 1. The summed E-state index contributed by atoms with van der Waals surface area (Å²) in [5.74, 6) is -0.285. The summed E-state index contributed by atoms with van der Waals surface area (Å²) in [6, 6.07) is 15.5. The van der Waals surface area contributed by atoms with E-state index in [0.29, 0.717) is 11.1 Å². The molecule has 0 bridgehead atoms. The van der Waals surface area contributed by atoms with Crippen molar-refractivity contribution in [3.05, 3.63) is 74.5 Å². The Hall–Kier alpha value is -3.54. The zero-order valence-corrected chi connectivity index (χ0v) is 14.4. The summed E-state index contributed by atoms with van der Waals surface area (Å²) in [5, 5.41) is 29.1. The molecule has 0 saturated heterocycles. The van der Waals surface area contributed by atoms with E-state index in [1.54, 1.807) is 6.07 Å². The second-order valence-corrected chi connectivity index (χ2v) is 6.18. The number of nitriles is 2. The van der Waals surface area contributed by atoms with E-state index in [4.69, 9.17) is 16.9 Å². The van der Waals surface area contributed by atoms with Crippen molar-refractivity contribution in [1.82, 2.24) is 4.98 Å². The Morgan fingerprint density at radius 2 is 1.73 bits per heavy atom. The third kappa shape index (κ3) is 3.04. The van der Waals surface area contributed by atoms with E-state index in [0.717, 1.165) is 5.56 Å². The van der Waals surface area contributed by atoms with Crippen LogP contribution in [0.2, 0.25) is 5.02 Å². The fourth-order valence-electron chi connectivity index (χ4n) is 2.67. The number of H-pyrrole nitrogens is 1. The molecular formula is C20H12ClN3O2. The first-order chi connectivity index (χ1) is 12.4. The van der Waals surface area contributed by atoms with Crippen LogP contribution in [0.3, 0.4) is 0 Å². The minimum absolute atomic E-state index is 0.00500. The number of nitrogens with zero attached hydrogens (tertiary/aromatic N) is 2. The van der Waals surface area contributed by atoms with E-state index in [-0.39, 0.29) is 33.2 Å². The molecule has 1 heterocycles. The van der Waals surface area contributed by atoms with Gasteiger partial charge in [-0.1, -0.05) is 41.4 Å². The van der Waals surface area contributed by atoms with Gasteiger partial charge in [0.05, 0.1) is 11.3 Å². The van der Waals surface area contributed by atoms with Crippen molar-refractivity contribution in [1.29, 1.82) is 10.5 Å². The minimum Gasteiger partial charge on any atom is -0.506 e. The van der Waals surface area contributed by atoms with Crippen molar-refractivity contribution in [3.63, 3.8) is 0 Å². The van der Waals surface area contributed by atoms with Gasteiger partial charge in [-0.3, -0.25) is 4.79 Å². The quantitative estimate of drug-likeness (QED) is 0.716. The van der Waals surface area contributed by atoms with Gasteiger partial charge in [-0.05, 0) is 30.7 Å². The van der Waals surface area contributed by atoms with Crippen molar-refractivity contribution in [2.75, 3.05) is 0 Å². The maximum absolute atomic E-state index is 12.4. The van der Waals surface area contributed by atoms with Gasteiger partial charge in [0.25, 0.3) is 5.56 Å². The normalized spacial score (nSPS) is 10.2. The highest BCUT2D eigenvalue weighted by Gasteiger charge is 2.16. The lowest BCUT2D eigenvalue weighted by molar-refractivity contribution is 0.475. The summed E-state index contributed by atoms with van der Waals surface area (Å²) in [6.45, 7) is 1.94. The van der Waals surface area contributed by atoms with E-state index in [9.17, 15) is 15.2 Å². The number of phenols is 1. The number of aromatic amines is 1. The Bertz CT molecular complexity index is 1150. The highest BCUT2D eigenvalue weighted by atomic mass is 35.5. The molecule has 2 aromatic carbocycles. The fraction of sp³-hybridized carbons (Fsp3) is 0.0500. The number of nitrogens with one attached hydrogen (secondary N) is 1.